The van der Waals surface area contributed by atoms with Crippen LogP contribution in [0.2, 0.25) is 0 Å². The van der Waals surface area contributed by atoms with Crippen molar-refractivity contribution in [1.29, 1.82) is 0 Å². The van der Waals surface area contributed by atoms with E-state index in [1.807, 2.05) is 30.3 Å². The highest BCUT2D eigenvalue weighted by Gasteiger charge is 2.15. The zero-order valence-electron chi connectivity index (χ0n) is 9.77. The van der Waals surface area contributed by atoms with E-state index in [9.17, 15) is 0 Å². The summed E-state index contributed by atoms with van der Waals surface area (Å²) >= 11 is 3.47. The van der Waals surface area contributed by atoms with Crippen LogP contribution in [0, 0.1) is 0 Å². The topological polar surface area (TPSA) is 26.0 Å². The van der Waals surface area contributed by atoms with E-state index in [1.54, 1.807) is 0 Å². The van der Waals surface area contributed by atoms with Crippen molar-refractivity contribution >= 4 is 21.5 Å². The molecule has 3 heteroatoms. The summed E-state index contributed by atoms with van der Waals surface area (Å²) in [4.78, 5) is 4.43. The first kappa shape index (κ1) is 11.5. The van der Waals surface area contributed by atoms with Crippen LogP contribution in [0.3, 0.4) is 0 Å². The van der Waals surface area contributed by atoms with Crippen LogP contribution in [0.1, 0.15) is 18.6 Å². The summed E-state index contributed by atoms with van der Waals surface area (Å²) in [6.45, 7) is 0. The van der Waals surface area contributed by atoms with Crippen molar-refractivity contribution in [1.82, 2.24) is 4.98 Å². The van der Waals surface area contributed by atoms with Crippen LogP contribution in [0.5, 0.6) is 0 Å². The Labute approximate surface area is 114 Å². The standard InChI is InChI=1S/C15H12BrNO/c16-14-13(11-7-3-1-4-8-11)18-15(17-14)12-9-5-2-6-10-12/h2-3,5-10H,1,4H2. The smallest absolute Gasteiger partial charge is 0.227 e. The number of oxazole rings is 1. The lowest BCUT2D eigenvalue weighted by atomic mass is 10.1. The molecule has 0 amide bonds. The van der Waals surface area contributed by atoms with Crippen molar-refractivity contribution in [3.8, 4) is 11.5 Å². The summed E-state index contributed by atoms with van der Waals surface area (Å²) in [5, 5.41) is 0. The first-order valence-corrected chi connectivity index (χ1v) is 6.73. The molecule has 0 radical (unpaired) electrons. The molecule has 3 rings (SSSR count). The lowest BCUT2D eigenvalue weighted by Gasteiger charge is -2.03. The van der Waals surface area contributed by atoms with Crippen LogP contribution in [0.25, 0.3) is 17.0 Å². The Bertz CT molecular complexity index is 611. The average molecular weight is 302 g/mol. The predicted molar refractivity (Wildman–Crippen MR) is 76.0 cm³/mol. The lowest BCUT2D eigenvalue weighted by Crippen LogP contribution is -1.84. The van der Waals surface area contributed by atoms with E-state index in [0.717, 1.165) is 34.3 Å². The Kier molecular flexibility index (Phi) is 3.15. The van der Waals surface area contributed by atoms with Crippen LogP contribution in [0.4, 0.5) is 0 Å². The second-order valence-electron chi connectivity index (χ2n) is 4.14. The molecule has 2 nitrogen and oxygen atoms in total. The van der Waals surface area contributed by atoms with Gasteiger partial charge in [0.25, 0.3) is 0 Å². The highest BCUT2D eigenvalue weighted by molar-refractivity contribution is 9.10. The van der Waals surface area contributed by atoms with Gasteiger partial charge in [-0.1, -0.05) is 36.4 Å². The molecular formula is C15H12BrNO. The summed E-state index contributed by atoms with van der Waals surface area (Å²) in [5.41, 5.74) is 2.09. The largest absolute Gasteiger partial charge is 0.435 e. The minimum atomic E-state index is 0.650. The molecule has 0 spiro atoms. The zero-order valence-corrected chi connectivity index (χ0v) is 11.4. The van der Waals surface area contributed by atoms with Crippen LogP contribution in [-0.4, -0.2) is 4.98 Å². The molecule has 0 bridgehead atoms. The predicted octanol–water partition coefficient (Wildman–Crippen LogP) is 4.84. The third kappa shape index (κ3) is 2.18. The van der Waals surface area contributed by atoms with Crippen LogP contribution >= 0.6 is 15.9 Å². The Morgan fingerprint density at radius 3 is 2.67 bits per heavy atom. The first-order chi connectivity index (χ1) is 8.84. The SMILES string of the molecule is Brc1nc(-c2ccccc2)oc1C1=CCCC=C1. The van der Waals surface area contributed by atoms with E-state index in [4.69, 9.17) is 4.42 Å². The first-order valence-electron chi connectivity index (χ1n) is 5.93. The van der Waals surface area contributed by atoms with Crippen molar-refractivity contribution in [2.45, 2.75) is 12.8 Å². The highest BCUT2D eigenvalue weighted by Crippen LogP contribution is 2.32. The fourth-order valence-electron chi connectivity index (χ4n) is 1.97. The molecule has 18 heavy (non-hydrogen) atoms. The van der Waals surface area contributed by atoms with Crippen molar-refractivity contribution in [3.05, 3.63) is 58.9 Å². The second kappa shape index (κ2) is 4.94. The maximum atomic E-state index is 5.86. The van der Waals surface area contributed by atoms with Crippen molar-refractivity contribution in [2.24, 2.45) is 0 Å². The summed E-state index contributed by atoms with van der Waals surface area (Å²) in [6.07, 6.45) is 8.58. The third-order valence-electron chi connectivity index (χ3n) is 2.86. The quantitative estimate of drug-likeness (QED) is 0.793. The van der Waals surface area contributed by atoms with Crippen LogP contribution < -0.4 is 0 Å². The fourth-order valence-corrected chi connectivity index (χ4v) is 2.44. The Balaban J connectivity index is 2.01. The molecule has 90 valence electrons. The number of hydrogen-bond donors (Lipinski definition) is 0. The number of nitrogens with zero attached hydrogens (tertiary/aromatic N) is 1. The maximum absolute atomic E-state index is 5.86. The molecule has 0 saturated heterocycles. The van der Waals surface area contributed by atoms with Crippen LogP contribution in [-0.2, 0) is 0 Å². The number of halogens is 1. The highest BCUT2D eigenvalue weighted by atomic mass is 79.9. The Hall–Kier alpha value is -1.61. The molecule has 0 unspecified atom stereocenters. The molecule has 1 heterocycles. The van der Waals surface area contributed by atoms with Crippen molar-refractivity contribution < 1.29 is 4.42 Å². The Morgan fingerprint density at radius 2 is 1.94 bits per heavy atom. The summed E-state index contributed by atoms with van der Waals surface area (Å²) in [7, 11) is 0. The molecule has 1 aliphatic carbocycles. The van der Waals surface area contributed by atoms with Crippen molar-refractivity contribution in [3.63, 3.8) is 0 Å². The lowest BCUT2D eigenvalue weighted by molar-refractivity contribution is 0.560. The van der Waals surface area contributed by atoms with Gasteiger partial charge in [-0.2, -0.15) is 0 Å². The molecule has 1 aromatic carbocycles. The monoisotopic (exact) mass is 301 g/mol. The summed E-state index contributed by atoms with van der Waals surface area (Å²) in [5.74, 6) is 1.46. The van der Waals surface area contributed by atoms with E-state index in [2.05, 4.69) is 39.1 Å². The molecular weight excluding hydrogens is 290 g/mol. The number of aromatic nitrogens is 1. The minimum Gasteiger partial charge on any atom is -0.435 e. The van der Waals surface area contributed by atoms with Gasteiger partial charge >= 0.3 is 0 Å². The van der Waals surface area contributed by atoms with Gasteiger partial charge in [-0.3, -0.25) is 0 Å². The van der Waals surface area contributed by atoms with Gasteiger partial charge < -0.3 is 4.42 Å². The fraction of sp³-hybridized carbons (Fsp3) is 0.133. The second-order valence-corrected chi connectivity index (χ2v) is 4.90. The van der Waals surface area contributed by atoms with E-state index >= 15 is 0 Å². The third-order valence-corrected chi connectivity index (χ3v) is 3.40. The molecule has 0 N–H and O–H groups in total. The number of hydrogen-bond acceptors (Lipinski definition) is 2. The molecule has 0 fully saturated rings. The summed E-state index contributed by atoms with van der Waals surface area (Å²) < 4.78 is 6.63. The molecule has 1 aromatic heterocycles. The molecule has 2 aromatic rings. The molecule has 1 aliphatic rings. The number of allylic oxidation sites excluding steroid dienone is 4. The van der Waals surface area contributed by atoms with Gasteiger partial charge in [-0.25, -0.2) is 4.98 Å². The average Bonchev–Trinajstić information content (AvgIpc) is 2.83. The Morgan fingerprint density at radius 1 is 1.11 bits per heavy atom. The van der Waals surface area contributed by atoms with Gasteiger partial charge in [0.2, 0.25) is 5.89 Å². The van der Waals surface area contributed by atoms with E-state index in [-0.39, 0.29) is 0 Å². The maximum Gasteiger partial charge on any atom is 0.227 e. The zero-order chi connectivity index (χ0) is 12.4. The normalized spacial score (nSPS) is 14.6. The molecule has 0 atom stereocenters. The van der Waals surface area contributed by atoms with Gasteiger partial charge in [-0.05, 0) is 40.9 Å². The van der Waals surface area contributed by atoms with Gasteiger partial charge in [0.15, 0.2) is 10.4 Å². The van der Waals surface area contributed by atoms with E-state index < -0.39 is 0 Å². The minimum absolute atomic E-state index is 0.650. The van der Waals surface area contributed by atoms with E-state index in [1.165, 1.54) is 0 Å². The van der Waals surface area contributed by atoms with E-state index in [0.29, 0.717) is 5.89 Å². The van der Waals surface area contributed by atoms with Gasteiger partial charge in [0, 0.05) is 11.1 Å². The molecule has 0 saturated carbocycles. The summed E-state index contributed by atoms with van der Waals surface area (Å²) in [6, 6.07) is 9.93. The number of benzene rings is 1. The van der Waals surface area contributed by atoms with Crippen LogP contribution in [0.15, 0.2) is 57.6 Å². The van der Waals surface area contributed by atoms with Gasteiger partial charge in [0.1, 0.15) is 0 Å². The van der Waals surface area contributed by atoms with Gasteiger partial charge in [0.05, 0.1) is 0 Å². The number of rotatable bonds is 2. The molecule has 0 aliphatic heterocycles. The van der Waals surface area contributed by atoms with Gasteiger partial charge in [-0.15, -0.1) is 0 Å². The van der Waals surface area contributed by atoms with Crippen molar-refractivity contribution in [2.75, 3.05) is 0 Å².